The normalized spacial score (nSPS) is 14.2. The largest absolute Gasteiger partial charge is 0.490 e. The first-order chi connectivity index (χ1) is 18.7. The van der Waals surface area contributed by atoms with Crippen molar-refractivity contribution in [2.24, 2.45) is 0 Å². The molecule has 3 amide bonds. The van der Waals surface area contributed by atoms with E-state index in [9.17, 15) is 14.4 Å². The molecule has 4 rings (SSSR count). The highest BCUT2D eigenvalue weighted by Crippen LogP contribution is 2.37. The van der Waals surface area contributed by atoms with E-state index in [0.717, 1.165) is 33.5 Å². The number of imide groups is 1. The fraction of sp³-hybridized carbons (Fsp3) is 0.207. The van der Waals surface area contributed by atoms with E-state index in [1.807, 2.05) is 39.0 Å². The van der Waals surface area contributed by atoms with Crippen molar-refractivity contribution in [2.45, 2.75) is 27.3 Å². The number of anilines is 1. The van der Waals surface area contributed by atoms with Gasteiger partial charge in [0.15, 0.2) is 18.1 Å². The first-order valence-corrected chi connectivity index (χ1v) is 13.7. The molecule has 39 heavy (non-hydrogen) atoms. The predicted octanol–water partition coefficient (Wildman–Crippen LogP) is 7.26. The maximum atomic E-state index is 13.0. The zero-order valence-electron chi connectivity index (χ0n) is 21.5. The molecule has 0 radical (unpaired) electrons. The monoisotopic (exact) mass is 584 g/mol. The molecule has 1 N–H and O–H groups in total. The SMILES string of the molecule is CCOc1cc(/C=C2\SC(=O)N(Cc3c(Cl)cccc3Cl)C2=O)ccc1OCC(=O)Nc1cccc(C)c1C. The smallest absolute Gasteiger partial charge is 0.293 e. The summed E-state index contributed by atoms with van der Waals surface area (Å²) in [4.78, 5) is 39.5. The van der Waals surface area contributed by atoms with Gasteiger partial charge in [-0.25, -0.2) is 0 Å². The van der Waals surface area contributed by atoms with E-state index in [-0.39, 0.29) is 24.0 Å². The molecule has 1 aliphatic rings. The molecule has 1 saturated heterocycles. The van der Waals surface area contributed by atoms with Gasteiger partial charge in [0.25, 0.3) is 17.1 Å². The highest BCUT2D eigenvalue weighted by atomic mass is 35.5. The molecular formula is C29H26Cl2N2O5S. The van der Waals surface area contributed by atoms with Gasteiger partial charge >= 0.3 is 0 Å². The lowest BCUT2D eigenvalue weighted by Crippen LogP contribution is -2.27. The third-order valence-corrected chi connectivity index (χ3v) is 7.67. The van der Waals surface area contributed by atoms with Crippen molar-refractivity contribution >= 4 is 63.8 Å². The van der Waals surface area contributed by atoms with Gasteiger partial charge in [0.1, 0.15) is 0 Å². The van der Waals surface area contributed by atoms with Crippen molar-refractivity contribution in [1.29, 1.82) is 0 Å². The van der Waals surface area contributed by atoms with Gasteiger partial charge in [0.2, 0.25) is 0 Å². The number of nitrogens with one attached hydrogen (secondary N) is 1. The zero-order valence-corrected chi connectivity index (χ0v) is 23.9. The molecule has 1 fully saturated rings. The van der Waals surface area contributed by atoms with Crippen LogP contribution in [0.2, 0.25) is 10.0 Å². The van der Waals surface area contributed by atoms with Gasteiger partial charge in [0, 0.05) is 21.3 Å². The van der Waals surface area contributed by atoms with Crippen LogP contribution in [0.1, 0.15) is 29.2 Å². The molecule has 3 aromatic carbocycles. The first kappa shape index (κ1) is 28.5. The number of carbonyl (C=O) groups is 3. The van der Waals surface area contributed by atoms with Gasteiger partial charge in [-0.2, -0.15) is 0 Å². The number of benzene rings is 3. The van der Waals surface area contributed by atoms with Gasteiger partial charge in [-0.1, -0.05) is 47.5 Å². The molecule has 0 spiro atoms. The summed E-state index contributed by atoms with van der Waals surface area (Å²) in [6.45, 7) is 5.88. The Hall–Kier alpha value is -3.46. The van der Waals surface area contributed by atoms with Gasteiger partial charge in [-0.15, -0.1) is 0 Å². The standard InChI is InChI=1S/C29H26Cl2N2O5S/c1-4-37-25-13-19(11-12-24(25)38-16-27(34)32-23-10-5-7-17(2)18(23)3)14-26-28(35)33(29(36)39-26)15-20-21(30)8-6-9-22(20)31/h5-14H,4,15-16H2,1-3H3,(H,32,34)/b26-14-. The van der Waals surface area contributed by atoms with Crippen LogP contribution in [-0.4, -0.2) is 35.2 Å². The molecule has 0 aliphatic carbocycles. The Morgan fingerprint density at radius 3 is 2.44 bits per heavy atom. The summed E-state index contributed by atoms with van der Waals surface area (Å²) in [6, 6.07) is 15.8. The Labute approximate surface area is 241 Å². The topological polar surface area (TPSA) is 84.9 Å². The highest BCUT2D eigenvalue weighted by Gasteiger charge is 2.35. The molecular weight excluding hydrogens is 559 g/mol. The molecule has 1 aliphatic heterocycles. The van der Waals surface area contributed by atoms with Crippen LogP contribution in [0.25, 0.3) is 6.08 Å². The Balaban J connectivity index is 1.47. The third kappa shape index (κ3) is 6.76. The number of rotatable bonds is 9. The summed E-state index contributed by atoms with van der Waals surface area (Å²) in [5.41, 5.74) is 3.94. The highest BCUT2D eigenvalue weighted by molar-refractivity contribution is 8.18. The minimum atomic E-state index is -0.442. The average Bonchev–Trinajstić information content (AvgIpc) is 3.15. The van der Waals surface area contributed by atoms with Crippen molar-refractivity contribution in [2.75, 3.05) is 18.5 Å². The first-order valence-electron chi connectivity index (χ1n) is 12.1. The summed E-state index contributed by atoms with van der Waals surface area (Å²) in [7, 11) is 0. The van der Waals surface area contributed by atoms with Crippen molar-refractivity contribution in [3.8, 4) is 11.5 Å². The number of amides is 3. The lowest BCUT2D eigenvalue weighted by molar-refractivity contribution is -0.123. The maximum absolute atomic E-state index is 13.0. The Morgan fingerprint density at radius 2 is 1.72 bits per heavy atom. The van der Waals surface area contributed by atoms with Crippen molar-refractivity contribution in [3.05, 3.63) is 91.8 Å². The molecule has 202 valence electrons. The number of halogens is 2. The van der Waals surface area contributed by atoms with Gasteiger partial charge in [-0.3, -0.25) is 19.3 Å². The zero-order chi connectivity index (χ0) is 28.1. The van der Waals surface area contributed by atoms with Crippen molar-refractivity contribution in [1.82, 2.24) is 4.90 Å². The number of hydrogen-bond donors (Lipinski definition) is 1. The summed E-state index contributed by atoms with van der Waals surface area (Å²) in [6.07, 6.45) is 1.61. The molecule has 0 unspecified atom stereocenters. The quantitative estimate of drug-likeness (QED) is 0.266. The van der Waals surface area contributed by atoms with E-state index in [0.29, 0.717) is 39.3 Å². The second-order valence-electron chi connectivity index (χ2n) is 8.69. The molecule has 10 heteroatoms. The second-order valence-corrected chi connectivity index (χ2v) is 10.5. The fourth-order valence-corrected chi connectivity index (χ4v) is 5.20. The number of hydrogen-bond acceptors (Lipinski definition) is 6. The van der Waals surface area contributed by atoms with Crippen molar-refractivity contribution < 1.29 is 23.9 Å². The molecule has 7 nitrogen and oxygen atoms in total. The number of thioether (sulfide) groups is 1. The Kier molecular flexibility index (Phi) is 9.22. The molecule has 1 heterocycles. The molecule has 0 aromatic heterocycles. The van der Waals surface area contributed by atoms with E-state index in [1.54, 1.807) is 42.5 Å². The van der Waals surface area contributed by atoms with Crippen LogP contribution in [0.4, 0.5) is 10.5 Å². The van der Waals surface area contributed by atoms with Crippen LogP contribution in [0.15, 0.2) is 59.5 Å². The molecule has 0 bridgehead atoms. The van der Waals surface area contributed by atoms with Crippen LogP contribution in [0.5, 0.6) is 11.5 Å². The Bertz CT molecular complexity index is 1450. The third-order valence-electron chi connectivity index (χ3n) is 6.05. The number of nitrogens with zero attached hydrogens (tertiary/aromatic N) is 1. The second kappa shape index (κ2) is 12.6. The molecule has 0 saturated carbocycles. The van der Waals surface area contributed by atoms with Crippen LogP contribution in [-0.2, 0) is 16.1 Å². The summed E-state index contributed by atoms with van der Waals surface area (Å²) < 4.78 is 11.5. The minimum absolute atomic E-state index is 0.0262. The minimum Gasteiger partial charge on any atom is -0.490 e. The van der Waals surface area contributed by atoms with Crippen molar-refractivity contribution in [3.63, 3.8) is 0 Å². The van der Waals surface area contributed by atoms with E-state index >= 15 is 0 Å². The van der Waals surface area contributed by atoms with E-state index in [4.69, 9.17) is 32.7 Å². The van der Waals surface area contributed by atoms with E-state index < -0.39 is 11.1 Å². The van der Waals surface area contributed by atoms with Gasteiger partial charge in [-0.05, 0) is 85.6 Å². The lowest BCUT2D eigenvalue weighted by Gasteiger charge is -2.15. The van der Waals surface area contributed by atoms with Gasteiger partial charge < -0.3 is 14.8 Å². The lowest BCUT2D eigenvalue weighted by atomic mass is 10.1. The summed E-state index contributed by atoms with van der Waals surface area (Å²) in [5, 5.41) is 3.21. The van der Waals surface area contributed by atoms with Crippen LogP contribution in [0, 0.1) is 13.8 Å². The van der Waals surface area contributed by atoms with Crippen LogP contribution < -0.4 is 14.8 Å². The maximum Gasteiger partial charge on any atom is 0.293 e. The van der Waals surface area contributed by atoms with Crippen LogP contribution >= 0.6 is 35.0 Å². The van der Waals surface area contributed by atoms with Crippen LogP contribution in [0.3, 0.4) is 0 Å². The number of aryl methyl sites for hydroxylation is 1. The number of carbonyl (C=O) groups excluding carboxylic acids is 3. The number of ether oxygens (including phenoxy) is 2. The van der Waals surface area contributed by atoms with E-state index in [2.05, 4.69) is 5.32 Å². The van der Waals surface area contributed by atoms with Gasteiger partial charge in [0.05, 0.1) is 18.1 Å². The fourth-order valence-electron chi connectivity index (χ4n) is 3.85. The molecule has 0 atom stereocenters. The molecule has 3 aromatic rings. The predicted molar refractivity (Wildman–Crippen MR) is 156 cm³/mol. The summed E-state index contributed by atoms with van der Waals surface area (Å²) >= 11 is 13.3. The van der Waals surface area contributed by atoms with E-state index in [1.165, 1.54) is 0 Å². The average molecular weight is 586 g/mol. The summed E-state index contributed by atoms with van der Waals surface area (Å²) in [5.74, 6) is 0.0457. The Morgan fingerprint density at radius 1 is 1.00 bits per heavy atom.